The molecule has 0 spiro atoms. The summed E-state index contributed by atoms with van der Waals surface area (Å²) in [5.74, 6) is -0.513. The summed E-state index contributed by atoms with van der Waals surface area (Å²) in [6.07, 6.45) is 6.62. The van der Waals surface area contributed by atoms with Crippen LogP contribution in [-0.4, -0.2) is 46.8 Å². The predicted octanol–water partition coefficient (Wildman–Crippen LogP) is 3.44. The summed E-state index contributed by atoms with van der Waals surface area (Å²) in [7, 11) is 2.12. The molecule has 4 nitrogen and oxygen atoms in total. The molecule has 4 heteroatoms. The highest BCUT2D eigenvalue weighted by Gasteiger charge is 2.57. The average Bonchev–Trinajstić information content (AvgIpc) is 2.62. The summed E-state index contributed by atoms with van der Waals surface area (Å²) in [5.41, 5.74) is -1.58. The lowest BCUT2D eigenvalue weighted by molar-refractivity contribution is -0.163. The highest BCUT2D eigenvalue weighted by atomic mass is 16.4. The number of aliphatic carboxylic acids is 1. The SMILES string of the molecule is CN1CCC(CC(C(=O)O)(c2ccccc2)C2(O)CCCCC2)CC1. The first-order valence-corrected chi connectivity index (χ1v) is 9.68. The first kappa shape index (κ1) is 18.4. The second-order valence-corrected chi connectivity index (χ2v) is 8.12. The van der Waals surface area contributed by atoms with Crippen LogP contribution < -0.4 is 0 Å². The quantitative estimate of drug-likeness (QED) is 0.858. The van der Waals surface area contributed by atoms with Crippen molar-refractivity contribution in [2.75, 3.05) is 20.1 Å². The van der Waals surface area contributed by atoms with Gasteiger partial charge in [0.1, 0.15) is 5.41 Å². The Hall–Kier alpha value is -1.39. The third-order valence-electron chi connectivity index (χ3n) is 6.54. The van der Waals surface area contributed by atoms with Crippen LogP contribution in [0.4, 0.5) is 0 Å². The second kappa shape index (κ2) is 7.46. The molecule has 1 saturated carbocycles. The molecule has 0 bridgehead atoms. The van der Waals surface area contributed by atoms with Crippen LogP contribution in [0.3, 0.4) is 0 Å². The van der Waals surface area contributed by atoms with Crippen molar-refractivity contribution in [3.63, 3.8) is 0 Å². The van der Waals surface area contributed by atoms with Crippen LogP contribution in [0.2, 0.25) is 0 Å². The Labute approximate surface area is 150 Å². The standard InChI is InChI=1S/C21H31NO3/c1-22-14-10-17(11-15-22)16-21(19(23)24,18-8-4-2-5-9-18)20(25)12-6-3-7-13-20/h2,4-5,8-9,17,25H,3,6-7,10-16H2,1H3,(H,23,24). The van der Waals surface area contributed by atoms with E-state index in [9.17, 15) is 15.0 Å². The maximum absolute atomic E-state index is 12.7. The molecule has 1 aliphatic carbocycles. The zero-order valence-corrected chi connectivity index (χ0v) is 15.3. The Morgan fingerprint density at radius 1 is 1.16 bits per heavy atom. The van der Waals surface area contributed by atoms with Gasteiger partial charge in [-0.25, -0.2) is 0 Å². The number of nitrogens with zero attached hydrogens (tertiary/aromatic N) is 1. The van der Waals surface area contributed by atoms with Gasteiger partial charge in [0.2, 0.25) is 0 Å². The van der Waals surface area contributed by atoms with Gasteiger partial charge in [0.05, 0.1) is 5.60 Å². The predicted molar refractivity (Wildman–Crippen MR) is 98.6 cm³/mol. The van der Waals surface area contributed by atoms with E-state index in [4.69, 9.17) is 0 Å². The van der Waals surface area contributed by atoms with E-state index >= 15 is 0 Å². The first-order chi connectivity index (χ1) is 12.0. The monoisotopic (exact) mass is 345 g/mol. The number of carboxylic acid groups (broad SMARTS) is 1. The van der Waals surface area contributed by atoms with E-state index < -0.39 is 17.0 Å². The van der Waals surface area contributed by atoms with Crippen molar-refractivity contribution in [2.24, 2.45) is 5.92 Å². The highest BCUT2D eigenvalue weighted by Crippen LogP contribution is 2.49. The summed E-state index contributed by atoms with van der Waals surface area (Å²) in [4.78, 5) is 15.0. The van der Waals surface area contributed by atoms with E-state index in [1.165, 1.54) is 0 Å². The van der Waals surface area contributed by atoms with Gasteiger partial charge in [0.25, 0.3) is 0 Å². The molecule has 1 aromatic carbocycles. The van der Waals surface area contributed by atoms with Gasteiger partial charge in [-0.1, -0.05) is 49.6 Å². The topological polar surface area (TPSA) is 60.8 Å². The van der Waals surface area contributed by atoms with Crippen LogP contribution in [-0.2, 0) is 10.2 Å². The molecule has 25 heavy (non-hydrogen) atoms. The number of likely N-dealkylation sites (tertiary alicyclic amines) is 1. The van der Waals surface area contributed by atoms with Gasteiger partial charge in [-0.05, 0) is 63.7 Å². The number of benzene rings is 1. The van der Waals surface area contributed by atoms with Gasteiger partial charge >= 0.3 is 5.97 Å². The number of carboxylic acids is 1. The molecule has 1 aliphatic heterocycles. The molecule has 1 heterocycles. The van der Waals surface area contributed by atoms with Crippen molar-refractivity contribution < 1.29 is 15.0 Å². The van der Waals surface area contributed by atoms with Crippen molar-refractivity contribution >= 4 is 5.97 Å². The number of rotatable bonds is 5. The number of aliphatic hydroxyl groups is 1. The lowest BCUT2D eigenvalue weighted by Gasteiger charge is -2.49. The maximum atomic E-state index is 12.7. The van der Waals surface area contributed by atoms with Gasteiger partial charge in [0.15, 0.2) is 0 Å². The molecule has 2 aliphatic rings. The van der Waals surface area contributed by atoms with Crippen LogP contribution in [0.5, 0.6) is 0 Å². The van der Waals surface area contributed by atoms with Crippen LogP contribution in [0.25, 0.3) is 0 Å². The minimum atomic E-state index is -1.20. The lowest BCUT2D eigenvalue weighted by atomic mass is 9.58. The Balaban J connectivity index is 2.01. The summed E-state index contributed by atoms with van der Waals surface area (Å²) < 4.78 is 0. The van der Waals surface area contributed by atoms with Crippen molar-refractivity contribution in [2.45, 2.75) is 62.4 Å². The molecular formula is C21H31NO3. The summed E-state index contributed by atoms with van der Waals surface area (Å²) in [6.45, 7) is 2.02. The molecule has 138 valence electrons. The molecule has 2 fully saturated rings. The van der Waals surface area contributed by atoms with Crippen LogP contribution in [0.15, 0.2) is 30.3 Å². The van der Waals surface area contributed by atoms with Crippen LogP contribution in [0.1, 0.15) is 56.9 Å². The minimum absolute atomic E-state index is 0.346. The first-order valence-electron chi connectivity index (χ1n) is 9.68. The minimum Gasteiger partial charge on any atom is -0.480 e. The lowest BCUT2D eigenvalue weighted by Crippen LogP contribution is -2.58. The normalized spacial score (nSPS) is 24.6. The Morgan fingerprint density at radius 3 is 2.32 bits per heavy atom. The largest absolute Gasteiger partial charge is 0.480 e. The highest BCUT2D eigenvalue weighted by molar-refractivity contribution is 5.83. The van der Waals surface area contributed by atoms with Gasteiger partial charge in [0, 0.05) is 0 Å². The third-order valence-corrected chi connectivity index (χ3v) is 6.54. The molecule has 0 radical (unpaired) electrons. The maximum Gasteiger partial charge on any atom is 0.317 e. The van der Waals surface area contributed by atoms with E-state index in [2.05, 4.69) is 11.9 Å². The van der Waals surface area contributed by atoms with Crippen molar-refractivity contribution in [3.05, 3.63) is 35.9 Å². The van der Waals surface area contributed by atoms with Gasteiger partial charge in [-0.2, -0.15) is 0 Å². The summed E-state index contributed by atoms with van der Waals surface area (Å²) >= 11 is 0. The van der Waals surface area contributed by atoms with E-state index in [0.29, 0.717) is 25.2 Å². The van der Waals surface area contributed by atoms with Crippen molar-refractivity contribution in [3.8, 4) is 0 Å². The van der Waals surface area contributed by atoms with Crippen molar-refractivity contribution in [1.29, 1.82) is 0 Å². The fourth-order valence-electron chi connectivity index (χ4n) is 4.97. The van der Waals surface area contributed by atoms with Crippen LogP contribution >= 0.6 is 0 Å². The van der Waals surface area contributed by atoms with Crippen LogP contribution in [0, 0.1) is 5.92 Å². The summed E-state index contributed by atoms with van der Waals surface area (Å²) in [5, 5.41) is 22.0. The molecular weight excluding hydrogens is 314 g/mol. The van der Waals surface area contributed by atoms with Gasteiger partial charge < -0.3 is 15.1 Å². The zero-order chi connectivity index (χ0) is 17.9. The van der Waals surface area contributed by atoms with Crippen molar-refractivity contribution in [1.82, 2.24) is 4.90 Å². The van der Waals surface area contributed by atoms with Gasteiger partial charge in [-0.15, -0.1) is 0 Å². The molecule has 0 amide bonds. The zero-order valence-electron chi connectivity index (χ0n) is 15.3. The number of piperidine rings is 1. The Bertz CT molecular complexity index is 574. The van der Waals surface area contributed by atoms with E-state index in [1.807, 2.05) is 30.3 Å². The molecule has 1 aromatic rings. The number of hydrogen-bond acceptors (Lipinski definition) is 3. The Kier molecular flexibility index (Phi) is 5.49. The number of hydrogen-bond donors (Lipinski definition) is 2. The average molecular weight is 345 g/mol. The molecule has 2 N–H and O–H groups in total. The molecule has 3 rings (SSSR count). The summed E-state index contributed by atoms with van der Waals surface area (Å²) in [6, 6.07) is 9.50. The van der Waals surface area contributed by atoms with Gasteiger partial charge in [-0.3, -0.25) is 4.79 Å². The fraction of sp³-hybridized carbons (Fsp3) is 0.667. The Morgan fingerprint density at radius 2 is 1.76 bits per heavy atom. The molecule has 1 unspecified atom stereocenters. The number of carbonyl (C=O) groups is 1. The molecule has 1 saturated heterocycles. The molecule has 0 aromatic heterocycles. The fourth-order valence-corrected chi connectivity index (χ4v) is 4.97. The van der Waals surface area contributed by atoms with E-state index in [0.717, 1.165) is 50.8 Å². The third kappa shape index (κ3) is 3.47. The van der Waals surface area contributed by atoms with E-state index in [1.54, 1.807) is 0 Å². The van der Waals surface area contributed by atoms with E-state index in [-0.39, 0.29) is 0 Å². The smallest absolute Gasteiger partial charge is 0.317 e. The molecule has 1 atom stereocenters. The second-order valence-electron chi connectivity index (χ2n) is 8.12.